The molecular weight excluding hydrogens is 387 g/mol. The molecule has 0 N–H and O–H groups in total. The van der Waals surface area contributed by atoms with E-state index in [2.05, 4.69) is 4.98 Å². The highest BCUT2D eigenvalue weighted by atomic mass is 32.1. The van der Waals surface area contributed by atoms with Gasteiger partial charge in [-0.15, -0.1) is 11.3 Å². The number of ether oxygens (including phenoxy) is 1. The van der Waals surface area contributed by atoms with Gasteiger partial charge in [0.1, 0.15) is 17.3 Å². The van der Waals surface area contributed by atoms with Crippen molar-refractivity contribution in [3.63, 3.8) is 0 Å². The van der Waals surface area contributed by atoms with Gasteiger partial charge in [0.2, 0.25) is 0 Å². The van der Waals surface area contributed by atoms with Crippen molar-refractivity contribution in [2.24, 2.45) is 5.41 Å². The summed E-state index contributed by atoms with van der Waals surface area (Å²) in [4.78, 5) is 20.3. The normalized spacial score (nSPS) is 14.4. The van der Waals surface area contributed by atoms with Crippen molar-refractivity contribution in [1.82, 2.24) is 9.88 Å². The second-order valence-electron chi connectivity index (χ2n) is 7.68. The zero-order valence-corrected chi connectivity index (χ0v) is 17.3. The highest BCUT2D eigenvalue weighted by Gasteiger charge is 2.45. The third-order valence-electron chi connectivity index (χ3n) is 5.21. The fourth-order valence-electron chi connectivity index (χ4n) is 3.41. The van der Waals surface area contributed by atoms with Gasteiger partial charge in [-0.1, -0.05) is 30.3 Å². The number of carbonyl (C=O) groups is 1. The molecule has 4 rings (SSSR count). The summed E-state index contributed by atoms with van der Waals surface area (Å²) in [6.45, 7) is 3.04. The Labute approximate surface area is 174 Å². The van der Waals surface area contributed by atoms with Crippen LogP contribution in [0.1, 0.15) is 28.3 Å². The molecule has 1 aliphatic carbocycles. The maximum atomic E-state index is 13.2. The average Bonchev–Trinajstić information content (AvgIpc) is 3.38. The molecule has 0 spiro atoms. The second kappa shape index (κ2) is 7.95. The van der Waals surface area contributed by atoms with Crippen LogP contribution in [0, 0.1) is 18.2 Å². The Bertz CT molecular complexity index is 997. The monoisotopic (exact) mass is 410 g/mol. The van der Waals surface area contributed by atoms with Gasteiger partial charge in [0, 0.05) is 19.0 Å². The van der Waals surface area contributed by atoms with Crippen molar-refractivity contribution in [3.8, 4) is 16.2 Å². The van der Waals surface area contributed by atoms with Gasteiger partial charge < -0.3 is 9.64 Å². The Morgan fingerprint density at radius 1 is 1.17 bits per heavy atom. The second-order valence-corrected chi connectivity index (χ2v) is 8.88. The van der Waals surface area contributed by atoms with Gasteiger partial charge in [0.15, 0.2) is 0 Å². The molecule has 0 aliphatic heterocycles. The van der Waals surface area contributed by atoms with Crippen molar-refractivity contribution in [1.29, 1.82) is 0 Å². The number of aryl methyl sites for hydroxylation is 1. The molecule has 0 unspecified atom stereocenters. The van der Waals surface area contributed by atoms with Crippen LogP contribution < -0.4 is 4.74 Å². The number of carbonyl (C=O) groups excluding carboxylic acids is 1. The Kier molecular flexibility index (Phi) is 5.37. The van der Waals surface area contributed by atoms with Crippen molar-refractivity contribution in [2.75, 3.05) is 20.2 Å². The predicted molar refractivity (Wildman–Crippen MR) is 113 cm³/mol. The standard InChI is InChI=1S/C23H23FN2O2S/c1-16-25-20(21(29-16)17-6-4-3-5-7-17)22(27)26(2)14-23(12-13-23)15-28-19-10-8-18(24)9-11-19/h3-11H,12-15H2,1-2H3. The molecule has 4 nitrogen and oxygen atoms in total. The number of benzene rings is 2. The lowest BCUT2D eigenvalue weighted by molar-refractivity contribution is 0.0736. The molecule has 3 aromatic rings. The van der Waals surface area contributed by atoms with Crippen molar-refractivity contribution < 1.29 is 13.9 Å². The van der Waals surface area contributed by atoms with Gasteiger partial charge in [-0.3, -0.25) is 4.79 Å². The number of nitrogens with zero attached hydrogens (tertiary/aromatic N) is 2. The molecule has 1 saturated carbocycles. The average molecular weight is 411 g/mol. The number of rotatable bonds is 7. The summed E-state index contributed by atoms with van der Waals surface area (Å²) < 4.78 is 18.9. The van der Waals surface area contributed by atoms with Crippen LogP contribution in [0.4, 0.5) is 4.39 Å². The van der Waals surface area contributed by atoms with Gasteiger partial charge in [-0.25, -0.2) is 9.37 Å². The van der Waals surface area contributed by atoms with Crippen LogP contribution in [0.5, 0.6) is 5.75 Å². The molecule has 150 valence electrons. The van der Waals surface area contributed by atoms with Gasteiger partial charge in [0.05, 0.1) is 16.5 Å². The van der Waals surface area contributed by atoms with E-state index in [9.17, 15) is 9.18 Å². The van der Waals surface area contributed by atoms with E-state index >= 15 is 0 Å². The number of hydrogen-bond acceptors (Lipinski definition) is 4. The van der Waals surface area contributed by atoms with Crippen LogP contribution in [-0.2, 0) is 0 Å². The van der Waals surface area contributed by atoms with E-state index in [0.717, 1.165) is 28.3 Å². The van der Waals surface area contributed by atoms with Crippen molar-refractivity contribution in [3.05, 3.63) is 71.1 Å². The summed E-state index contributed by atoms with van der Waals surface area (Å²) in [6, 6.07) is 15.9. The minimum absolute atomic E-state index is 0.0449. The maximum absolute atomic E-state index is 13.2. The number of halogens is 1. The lowest BCUT2D eigenvalue weighted by Crippen LogP contribution is -2.35. The van der Waals surface area contributed by atoms with Crippen molar-refractivity contribution in [2.45, 2.75) is 19.8 Å². The van der Waals surface area contributed by atoms with Gasteiger partial charge in [0.25, 0.3) is 5.91 Å². The first kappa shape index (κ1) is 19.6. The van der Waals surface area contributed by atoms with Gasteiger partial charge in [-0.2, -0.15) is 0 Å². The van der Waals surface area contributed by atoms with Crippen LogP contribution in [-0.4, -0.2) is 36.0 Å². The zero-order chi connectivity index (χ0) is 20.4. The smallest absolute Gasteiger partial charge is 0.273 e. The summed E-state index contributed by atoms with van der Waals surface area (Å²) in [7, 11) is 1.82. The van der Waals surface area contributed by atoms with E-state index in [4.69, 9.17) is 4.74 Å². The van der Waals surface area contributed by atoms with Crippen LogP contribution >= 0.6 is 11.3 Å². The molecule has 0 radical (unpaired) electrons. The topological polar surface area (TPSA) is 42.4 Å². The molecule has 1 amide bonds. The summed E-state index contributed by atoms with van der Waals surface area (Å²) >= 11 is 1.54. The highest BCUT2D eigenvalue weighted by Crippen LogP contribution is 2.46. The molecule has 1 fully saturated rings. The van der Waals surface area contributed by atoms with Crippen molar-refractivity contribution >= 4 is 17.2 Å². The number of aromatic nitrogens is 1. The first-order valence-corrected chi connectivity index (χ1v) is 10.4. The van der Waals surface area contributed by atoms with E-state index in [1.807, 2.05) is 44.3 Å². The molecule has 0 saturated heterocycles. The number of amides is 1. The summed E-state index contributed by atoms with van der Waals surface area (Å²) in [6.07, 6.45) is 2.01. The Morgan fingerprint density at radius 2 is 1.86 bits per heavy atom. The Morgan fingerprint density at radius 3 is 2.52 bits per heavy atom. The highest BCUT2D eigenvalue weighted by molar-refractivity contribution is 7.15. The molecule has 29 heavy (non-hydrogen) atoms. The van der Waals surface area contributed by atoms with Crippen LogP contribution in [0.3, 0.4) is 0 Å². The van der Waals surface area contributed by atoms with E-state index in [0.29, 0.717) is 24.6 Å². The molecule has 0 bridgehead atoms. The first-order valence-electron chi connectivity index (χ1n) is 9.62. The van der Waals surface area contributed by atoms with E-state index in [1.54, 1.807) is 28.4 Å². The molecular formula is C23H23FN2O2S. The number of hydrogen-bond donors (Lipinski definition) is 0. The van der Waals surface area contributed by atoms with E-state index in [1.165, 1.54) is 12.1 Å². The lowest BCUT2D eigenvalue weighted by Gasteiger charge is -2.24. The minimum Gasteiger partial charge on any atom is -0.493 e. The minimum atomic E-state index is -0.281. The lowest BCUT2D eigenvalue weighted by atomic mass is 10.1. The maximum Gasteiger partial charge on any atom is 0.273 e. The van der Waals surface area contributed by atoms with Crippen LogP contribution in [0.15, 0.2) is 54.6 Å². The van der Waals surface area contributed by atoms with Gasteiger partial charge in [-0.05, 0) is 49.6 Å². The summed E-state index contributed by atoms with van der Waals surface area (Å²) in [5, 5.41) is 0.876. The molecule has 2 aromatic carbocycles. The van der Waals surface area contributed by atoms with Crippen LogP contribution in [0.2, 0.25) is 0 Å². The van der Waals surface area contributed by atoms with Crippen LogP contribution in [0.25, 0.3) is 10.4 Å². The van der Waals surface area contributed by atoms with E-state index in [-0.39, 0.29) is 17.1 Å². The molecule has 1 aromatic heterocycles. The molecule has 6 heteroatoms. The summed E-state index contributed by atoms with van der Waals surface area (Å²) in [5.41, 5.74) is 1.48. The Hall–Kier alpha value is -2.73. The molecule has 1 aliphatic rings. The van der Waals surface area contributed by atoms with Gasteiger partial charge >= 0.3 is 0 Å². The quantitative estimate of drug-likeness (QED) is 0.538. The first-order chi connectivity index (χ1) is 14.0. The third-order valence-corrected chi connectivity index (χ3v) is 6.23. The largest absolute Gasteiger partial charge is 0.493 e. The molecule has 1 heterocycles. The summed E-state index contributed by atoms with van der Waals surface area (Å²) in [5.74, 6) is 0.297. The number of thiazole rings is 1. The molecule has 0 atom stereocenters. The fourth-order valence-corrected chi connectivity index (χ4v) is 4.32. The fraction of sp³-hybridized carbons (Fsp3) is 0.304. The van der Waals surface area contributed by atoms with E-state index < -0.39 is 0 Å². The SMILES string of the molecule is Cc1nc(C(=O)N(C)CC2(COc3ccc(F)cc3)CC2)c(-c2ccccc2)s1. The zero-order valence-electron chi connectivity index (χ0n) is 16.5. The predicted octanol–water partition coefficient (Wildman–Crippen LogP) is 5.19. The Balaban J connectivity index is 1.44. The third kappa shape index (κ3) is 4.48.